The molecule has 0 spiro atoms. The van der Waals surface area contributed by atoms with Crippen molar-refractivity contribution >= 4 is 11.8 Å². The molecule has 2 aromatic rings. The van der Waals surface area contributed by atoms with Crippen LogP contribution in [-0.2, 0) is 10.2 Å². The monoisotopic (exact) mass is 329 g/mol. The number of anilines is 1. The number of ether oxygens (including phenoxy) is 1. The molecule has 0 saturated heterocycles. The van der Waals surface area contributed by atoms with E-state index in [9.17, 15) is 9.18 Å². The van der Waals surface area contributed by atoms with Gasteiger partial charge in [0, 0.05) is 12.0 Å². The minimum Gasteiger partial charge on any atom is -0.464 e. The molecule has 1 aromatic heterocycles. The number of esters is 1. The Labute approximate surface area is 140 Å². The number of rotatable bonds is 5. The SMILES string of the molecule is COC(=O)c1ccc(NCC2(c3ccc(F)cc3)CCCC2)nn1. The highest BCUT2D eigenvalue weighted by molar-refractivity contribution is 5.86. The number of methoxy groups -OCH3 is 1. The standard InChI is InChI=1S/C18H20FN3O2/c1-24-17(23)15-8-9-16(22-21-15)20-12-18(10-2-3-11-18)13-4-6-14(19)7-5-13/h4-9H,2-3,10-12H2,1H3,(H,20,22). The third-order valence-corrected chi connectivity index (χ3v) is 4.68. The molecule has 1 aliphatic carbocycles. The molecule has 126 valence electrons. The molecule has 1 heterocycles. The highest BCUT2D eigenvalue weighted by Crippen LogP contribution is 2.41. The zero-order chi connectivity index (χ0) is 17.0. The summed E-state index contributed by atoms with van der Waals surface area (Å²) in [5, 5.41) is 11.2. The number of benzene rings is 1. The zero-order valence-corrected chi connectivity index (χ0v) is 13.6. The van der Waals surface area contributed by atoms with Crippen LogP contribution in [0, 0.1) is 5.82 Å². The molecule has 0 radical (unpaired) electrons. The van der Waals surface area contributed by atoms with Gasteiger partial charge in [-0.15, -0.1) is 10.2 Å². The summed E-state index contributed by atoms with van der Waals surface area (Å²) in [4.78, 5) is 11.4. The number of nitrogens with zero attached hydrogens (tertiary/aromatic N) is 2. The Balaban J connectivity index is 1.73. The minimum absolute atomic E-state index is 0.0175. The Morgan fingerprint density at radius 2 is 1.88 bits per heavy atom. The highest BCUT2D eigenvalue weighted by atomic mass is 19.1. The van der Waals surface area contributed by atoms with Crippen molar-refractivity contribution in [2.75, 3.05) is 19.0 Å². The van der Waals surface area contributed by atoms with Crippen LogP contribution < -0.4 is 5.32 Å². The van der Waals surface area contributed by atoms with E-state index in [0.717, 1.165) is 31.2 Å². The lowest BCUT2D eigenvalue weighted by Gasteiger charge is -2.30. The number of aromatic nitrogens is 2. The molecule has 1 aliphatic rings. The van der Waals surface area contributed by atoms with Crippen LogP contribution in [0.15, 0.2) is 36.4 Å². The van der Waals surface area contributed by atoms with Crippen LogP contribution in [0.25, 0.3) is 0 Å². The van der Waals surface area contributed by atoms with Crippen molar-refractivity contribution in [3.63, 3.8) is 0 Å². The maximum absolute atomic E-state index is 13.2. The van der Waals surface area contributed by atoms with E-state index < -0.39 is 5.97 Å². The first-order valence-corrected chi connectivity index (χ1v) is 8.05. The van der Waals surface area contributed by atoms with Gasteiger partial charge < -0.3 is 10.1 Å². The predicted octanol–water partition coefficient (Wildman–Crippen LogP) is 3.33. The number of hydrogen-bond donors (Lipinski definition) is 1. The van der Waals surface area contributed by atoms with E-state index in [2.05, 4.69) is 20.3 Å². The van der Waals surface area contributed by atoms with Gasteiger partial charge in [-0.2, -0.15) is 0 Å². The largest absolute Gasteiger partial charge is 0.464 e. The van der Waals surface area contributed by atoms with Gasteiger partial charge in [0.05, 0.1) is 7.11 Å². The summed E-state index contributed by atoms with van der Waals surface area (Å²) in [6.45, 7) is 0.699. The van der Waals surface area contributed by atoms with Crippen molar-refractivity contribution in [2.24, 2.45) is 0 Å². The van der Waals surface area contributed by atoms with Crippen LogP contribution in [-0.4, -0.2) is 29.8 Å². The Hall–Kier alpha value is -2.50. The molecule has 0 bridgehead atoms. The Morgan fingerprint density at radius 1 is 1.17 bits per heavy atom. The zero-order valence-electron chi connectivity index (χ0n) is 13.6. The van der Waals surface area contributed by atoms with Crippen LogP contribution in [0.2, 0.25) is 0 Å². The fourth-order valence-electron chi connectivity index (χ4n) is 3.32. The maximum Gasteiger partial charge on any atom is 0.358 e. The molecule has 0 amide bonds. The summed E-state index contributed by atoms with van der Waals surface area (Å²) in [5.74, 6) is -0.118. The summed E-state index contributed by atoms with van der Waals surface area (Å²) in [7, 11) is 1.31. The van der Waals surface area contributed by atoms with Crippen LogP contribution in [0.3, 0.4) is 0 Å². The normalized spacial score (nSPS) is 15.9. The van der Waals surface area contributed by atoms with E-state index >= 15 is 0 Å². The third-order valence-electron chi connectivity index (χ3n) is 4.68. The van der Waals surface area contributed by atoms with Crippen molar-refractivity contribution < 1.29 is 13.9 Å². The minimum atomic E-state index is -0.507. The quantitative estimate of drug-likeness (QED) is 0.853. The van der Waals surface area contributed by atoms with Gasteiger partial charge in [0.25, 0.3) is 0 Å². The number of nitrogens with one attached hydrogen (secondary N) is 1. The molecule has 1 fully saturated rings. The van der Waals surface area contributed by atoms with Gasteiger partial charge in [-0.1, -0.05) is 25.0 Å². The lowest BCUT2D eigenvalue weighted by Crippen LogP contribution is -2.31. The van der Waals surface area contributed by atoms with E-state index in [4.69, 9.17) is 0 Å². The molecule has 1 saturated carbocycles. The summed E-state index contributed by atoms with van der Waals surface area (Å²) in [6.07, 6.45) is 4.43. The van der Waals surface area contributed by atoms with Crippen LogP contribution in [0.5, 0.6) is 0 Å². The van der Waals surface area contributed by atoms with E-state index in [1.165, 1.54) is 19.2 Å². The van der Waals surface area contributed by atoms with Crippen molar-refractivity contribution in [1.82, 2.24) is 10.2 Å². The van der Waals surface area contributed by atoms with Crippen molar-refractivity contribution in [1.29, 1.82) is 0 Å². The van der Waals surface area contributed by atoms with Crippen LogP contribution in [0.4, 0.5) is 10.2 Å². The fourth-order valence-corrected chi connectivity index (χ4v) is 3.32. The Kier molecular flexibility index (Phi) is 4.74. The van der Waals surface area contributed by atoms with Gasteiger partial charge in [0.15, 0.2) is 5.69 Å². The van der Waals surface area contributed by atoms with Crippen LogP contribution >= 0.6 is 0 Å². The number of carbonyl (C=O) groups is 1. The average Bonchev–Trinajstić information content (AvgIpc) is 3.10. The van der Waals surface area contributed by atoms with Gasteiger partial charge in [0.1, 0.15) is 11.6 Å². The number of carbonyl (C=O) groups excluding carboxylic acids is 1. The van der Waals surface area contributed by atoms with Crippen molar-refractivity contribution in [3.8, 4) is 0 Å². The lowest BCUT2D eigenvalue weighted by molar-refractivity contribution is 0.0592. The van der Waals surface area contributed by atoms with E-state index in [1.54, 1.807) is 12.1 Å². The molecule has 0 aliphatic heterocycles. The van der Waals surface area contributed by atoms with E-state index in [1.807, 2.05) is 12.1 Å². The summed E-state index contributed by atoms with van der Waals surface area (Å²) < 4.78 is 17.8. The molecule has 1 N–H and O–H groups in total. The molecular formula is C18H20FN3O2. The Bertz CT molecular complexity index is 695. The smallest absolute Gasteiger partial charge is 0.358 e. The summed E-state index contributed by atoms with van der Waals surface area (Å²) in [5.41, 5.74) is 1.31. The molecule has 0 unspecified atom stereocenters. The highest BCUT2D eigenvalue weighted by Gasteiger charge is 2.35. The fraction of sp³-hybridized carbons (Fsp3) is 0.389. The topological polar surface area (TPSA) is 64.1 Å². The summed E-state index contributed by atoms with van der Waals surface area (Å²) in [6, 6.07) is 10.1. The number of hydrogen-bond acceptors (Lipinski definition) is 5. The predicted molar refractivity (Wildman–Crippen MR) is 88.4 cm³/mol. The van der Waals surface area contributed by atoms with Crippen molar-refractivity contribution in [2.45, 2.75) is 31.1 Å². The molecular weight excluding hydrogens is 309 g/mol. The summed E-state index contributed by atoms with van der Waals surface area (Å²) >= 11 is 0. The van der Waals surface area contributed by atoms with Gasteiger partial charge in [-0.3, -0.25) is 0 Å². The molecule has 3 rings (SSSR count). The first-order chi connectivity index (χ1) is 11.6. The first-order valence-electron chi connectivity index (χ1n) is 8.05. The lowest BCUT2D eigenvalue weighted by atomic mass is 9.79. The molecule has 6 heteroatoms. The van der Waals surface area contributed by atoms with Gasteiger partial charge in [-0.25, -0.2) is 9.18 Å². The Morgan fingerprint density at radius 3 is 2.46 bits per heavy atom. The second-order valence-electron chi connectivity index (χ2n) is 6.14. The van der Waals surface area contributed by atoms with E-state index in [-0.39, 0.29) is 16.9 Å². The van der Waals surface area contributed by atoms with Gasteiger partial charge >= 0.3 is 5.97 Å². The molecule has 0 atom stereocenters. The molecule has 5 nitrogen and oxygen atoms in total. The van der Waals surface area contributed by atoms with E-state index in [0.29, 0.717) is 12.4 Å². The number of halogens is 1. The van der Waals surface area contributed by atoms with Crippen molar-refractivity contribution in [3.05, 3.63) is 53.5 Å². The van der Waals surface area contributed by atoms with Gasteiger partial charge in [-0.05, 0) is 42.7 Å². The maximum atomic E-state index is 13.2. The van der Waals surface area contributed by atoms with Gasteiger partial charge in [0.2, 0.25) is 0 Å². The molecule has 24 heavy (non-hydrogen) atoms. The van der Waals surface area contributed by atoms with Crippen LogP contribution in [0.1, 0.15) is 41.7 Å². The first kappa shape index (κ1) is 16.4. The second-order valence-corrected chi connectivity index (χ2v) is 6.14. The average molecular weight is 329 g/mol. The second kappa shape index (κ2) is 6.95. The molecule has 1 aromatic carbocycles. The third kappa shape index (κ3) is 3.37.